The zero-order valence-corrected chi connectivity index (χ0v) is 16.3. The Hall–Kier alpha value is -1.49. The van der Waals surface area contributed by atoms with E-state index in [1.807, 2.05) is 0 Å². The average molecular weight is 357 g/mol. The van der Waals surface area contributed by atoms with Gasteiger partial charge in [0.15, 0.2) is 5.78 Å². The molecule has 0 bridgehead atoms. The van der Waals surface area contributed by atoms with E-state index in [2.05, 4.69) is 59.6 Å². The zero-order valence-electron chi connectivity index (χ0n) is 15.5. The van der Waals surface area contributed by atoms with Gasteiger partial charge in [-0.1, -0.05) is 30.7 Å². The van der Waals surface area contributed by atoms with Crippen LogP contribution in [-0.4, -0.2) is 36.2 Å². The summed E-state index contributed by atoms with van der Waals surface area (Å²) in [5.41, 5.74) is 4.05. The fourth-order valence-electron chi connectivity index (χ4n) is 3.65. The number of carbonyl (C=O) groups excluding carboxylic acids is 1. The van der Waals surface area contributed by atoms with Gasteiger partial charge in [-0.2, -0.15) is 0 Å². The number of hydrogen-bond acceptors (Lipinski definition) is 4. The standard InChI is InChI=1S/C21H28N2OS/c1-16(24)21-12-18(15-25-21)14-23-11-5-4-6-20(23)19-9-7-17(8-10-19)13-22(2)3/h7-10,12,15,20H,4-6,11,13-14H2,1-3H3. The van der Waals surface area contributed by atoms with Crippen molar-refractivity contribution in [2.24, 2.45) is 0 Å². The number of Topliss-reactive ketones (excluding diaryl/α,β-unsaturated/α-hetero) is 1. The maximum absolute atomic E-state index is 11.5. The van der Waals surface area contributed by atoms with Gasteiger partial charge in [-0.25, -0.2) is 0 Å². The van der Waals surface area contributed by atoms with Crippen molar-refractivity contribution in [2.75, 3.05) is 20.6 Å². The van der Waals surface area contributed by atoms with Crippen LogP contribution in [0.15, 0.2) is 35.7 Å². The van der Waals surface area contributed by atoms with Crippen molar-refractivity contribution >= 4 is 17.1 Å². The third-order valence-electron chi connectivity index (χ3n) is 4.86. The van der Waals surface area contributed by atoms with Gasteiger partial charge in [-0.05, 0) is 68.5 Å². The molecule has 1 aromatic heterocycles. The molecule has 0 aliphatic carbocycles. The van der Waals surface area contributed by atoms with E-state index in [1.165, 1.54) is 36.0 Å². The van der Waals surface area contributed by atoms with Crippen molar-refractivity contribution in [1.29, 1.82) is 0 Å². The molecule has 3 nitrogen and oxygen atoms in total. The number of ketones is 1. The van der Waals surface area contributed by atoms with Gasteiger partial charge in [0.2, 0.25) is 0 Å². The number of carbonyl (C=O) groups is 1. The van der Waals surface area contributed by atoms with Crippen LogP contribution in [-0.2, 0) is 13.1 Å². The van der Waals surface area contributed by atoms with Gasteiger partial charge in [0.1, 0.15) is 0 Å². The molecule has 1 unspecified atom stereocenters. The van der Waals surface area contributed by atoms with Crippen LogP contribution in [0.3, 0.4) is 0 Å². The van der Waals surface area contributed by atoms with Crippen LogP contribution in [0, 0.1) is 0 Å². The first-order valence-electron chi connectivity index (χ1n) is 9.09. The van der Waals surface area contributed by atoms with Crippen molar-refractivity contribution in [3.63, 3.8) is 0 Å². The lowest BCUT2D eigenvalue weighted by molar-refractivity contribution is 0.102. The molecule has 0 radical (unpaired) electrons. The molecule has 1 aromatic carbocycles. The van der Waals surface area contributed by atoms with E-state index in [-0.39, 0.29) is 5.78 Å². The van der Waals surface area contributed by atoms with E-state index in [0.717, 1.165) is 24.5 Å². The molecule has 4 heteroatoms. The Balaban J connectivity index is 1.72. The lowest BCUT2D eigenvalue weighted by Crippen LogP contribution is -2.32. The molecule has 2 heterocycles. The number of benzene rings is 1. The zero-order chi connectivity index (χ0) is 17.8. The van der Waals surface area contributed by atoms with E-state index in [0.29, 0.717) is 6.04 Å². The first-order chi connectivity index (χ1) is 12.0. The lowest BCUT2D eigenvalue weighted by atomic mass is 9.94. The number of likely N-dealkylation sites (tertiary alicyclic amines) is 1. The molecule has 1 aliphatic heterocycles. The van der Waals surface area contributed by atoms with Crippen LogP contribution >= 0.6 is 11.3 Å². The fourth-order valence-corrected chi connectivity index (χ4v) is 4.45. The summed E-state index contributed by atoms with van der Waals surface area (Å²) in [6.07, 6.45) is 3.78. The molecule has 1 fully saturated rings. The molecular formula is C21H28N2OS. The second-order valence-corrected chi connectivity index (χ2v) is 8.25. The number of thiophene rings is 1. The van der Waals surface area contributed by atoms with Crippen LogP contribution in [0.1, 0.15) is 58.6 Å². The van der Waals surface area contributed by atoms with Crippen molar-refractivity contribution in [2.45, 2.75) is 45.3 Å². The minimum atomic E-state index is 0.169. The second kappa shape index (κ2) is 8.26. The Morgan fingerprint density at radius 3 is 2.60 bits per heavy atom. The molecule has 1 aliphatic rings. The highest BCUT2D eigenvalue weighted by atomic mass is 32.1. The smallest absolute Gasteiger partial charge is 0.169 e. The van der Waals surface area contributed by atoms with Crippen LogP contribution in [0.4, 0.5) is 0 Å². The van der Waals surface area contributed by atoms with Gasteiger partial charge in [0.05, 0.1) is 4.88 Å². The topological polar surface area (TPSA) is 23.6 Å². The molecule has 1 saturated heterocycles. The Morgan fingerprint density at radius 2 is 1.96 bits per heavy atom. The number of hydrogen-bond donors (Lipinski definition) is 0. The van der Waals surface area contributed by atoms with Gasteiger partial charge in [0, 0.05) is 19.1 Å². The Kier molecular flexibility index (Phi) is 6.05. The third kappa shape index (κ3) is 4.78. The normalized spacial score (nSPS) is 18.6. The molecule has 0 spiro atoms. The van der Waals surface area contributed by atoms with Crippen LogP contribution in [0.2, 0.25) is 0 Å². The first kappa shape index (κ1) is 18.3. The van der Waals surface area contributed by atoms with Crippen LogP contribution < -0.4 is 0 Å². The predicted molar refractivity (Wildman–Crippen MR) is 105 cm³/mol. The minimum Gasteiger partial charge on any atom is -0.305 e. The molecule has 134 valence electrons. The molecule has 1 atom stereocenters. The monoisotopic (exact) mass is 356 g/mol. The SMILES string of the molecule is CC(=O)c1cc(CN2CCCCC2c2ccc(CN(C)C)cc2)cs1. The van der Waals surface area contributed by atoms with E-state index in [9.17, 15) is 4.79 Å². The summed E-state index contributed by atoms with van der Waals surface area (Å²) in [7, 11) is 4.21. The van der Waals surface area contributed by atoms with Gasteiger partial charge in [-0.3, -0.25) is 9.69 Å². The van der Waals surface area contributed by atoms with E-state index in [1.54, 1.807) is 18.3 Å². The number of piperidine rings is 1. The first-order valence-corrected chi connectivity index (χ1v) is 9.97. The quantitative estimate of drug-likeness (QED) is 0.699. The maximum atomic E-state index is 11.5. The third-order valence-corrected chi connectivity index (χ3v) is 5.94. The predicted octanol–water partition coefficient (Wildman–Crippen LogP) is 4.74. The lowest BCUT2D eigenvalue weighted by Gasteiger charge is -2.36. The summed E-state index contributed by atoms with van der Waals surface area (Å²) in [4.78, 5) is 17.2. The molecule has 0 saturated carbocycles. The fraction of sp³-hybridized carbons (Fsp3) is 0.476. The molecule has 0 N–H and O–H groups in total. The van der Waals surface area contributed by atoms with Gasteiger partial charge in [-0.15, -0.1) is 11.3 Å². The van der Waals surface area contributed by atoms with Crippen LogP contribution in [0.5, 0.6) is 0 Å². The van der Waals surface area contributed by atoms with Gasteiger partial charge < -0.3 is 4.90 Å². The van der Waals surface area contributed by atoms with E-state index >= 15 is 0 Å². The van der Waals surface area contributed by atoms with Crippen molar-refractivity contribution in [1.82, 2.24) is 9.80 Å². The summed E-state index contributed by atoms with van der Waals surface area (Å²) in [5.74, 6) is 0.169. The number of rotatable bonds is 6. The van der Waals surface area contributed by atoms with Crippen molar-refractivity contribution < 1.29 is 4.79 Å². The summed E-state index contributed by atoms with van der Waals surface area (Å²) in [6.45, 7) is 4.70. The highest BCUT2D eigenvalue weighted by Gasteiger charge is 2.24. The average Bonchev–Trinajstić information content (AvgIpc) is 3.05. The maximum Gasteiger partial charge on any atom is 0.169 e. The second-order valence-electron chi connectivity index (χ2n) is 7.34. The van der Waals surface area contributed by atoms with Crippen LogP contribution in [0.25, 0.3) is 0 Å². The molecule has 0 amide bonds. The minimum absolute atomic E-state index is 0.169. The molecule has 3 rings (SSSR count). The number of nitrogens with zero attached hydrogens (tertiary/aromatic N) is 2. The van der Waals surface area contributed by atoms with Gasteiger partial charge in [0.25, 0.3) is 0 Å². The largest absolute Gasteiger partial charge is 0.305 e. The molecular weight excluding hydrogens is 328 g/mol. The van der Waals surface area contributed by atoms with E-state index < -0.39 is 0 Å². The van der Waals surface area contributed by atoms with Crippen molar-refractivity contribution in [3.05, 3.63) is 57.3 Å². The summed E-state index contributed by atoms with van der Waals surface area (Å²) in [5, 5.41) is 2.14. The summed E-state index contributed by atoms with van der Waals surface area (Å²) in [6, 6.07) is 11.7. The molecule has 2 aromatic rings. The van der Waals surface area contributed by atoms with Gasteiger partial charge >= 0.3 is 0 Å². The van der Waals surface area contributed by atoms with E-state index in [4.69, 9.17) is 0 Å². The Bertz CT molecular complexity index is 705. The summed E-state index contributed by atoms with van der Waals surface area (Å²) < 4.78 is 0. The van der Waals surface area contributed by atoms with Crippen molar-refractivity contribution in [3.8, 4) is 0 Å². The molecule has 25 heavy (non-hydrogen) atoms. The highest BCUT2D eigenvalue weighted by Crippen LogP contribution is 2.33. The summed E-state index contributed by atoms with van der Waals surface area (Å²) >= 11 is 1.57. The highest BCUT2D eigenvalue weighted by molar-refractivity contribution is 7.12. The Morgan fingerprint density at radius 1 is 1.20 bits per heavy atom. The Labute approximate surface area is 155 Å².